The summed E-state index contributed by atoms with van der Waals surface area (Å²) in [5, 5.41) is 0. The third kappa shape index (κ3) is 4.99. The Balaban J connectivity index is 2.87. The second-order valence-electron chi connectivity index (χ2n) is 3.56. The molecule has 1 rings (SSSR count). The van der Waals surface area contributed by atoms with Gasteiger partial charge in [-0.1, -0.05) is 0 Å². The van der Waals surface area contributed by atoms with Gasteiger partial charge in [0.2, 0.25) is 0 Å². The Morgan fingerprint density at radius 3 is 2.25 bits per heavy atom. The van der Waals surface area contributed by atoms with Crippen molar-refractivity contribution in [1.29, 1.82) is 0 Å². The van der Waals surface area contributed by atoms with Crippen molar-refractivity contribution in [2.75, 3.05) is 39.8 Å². The molecule has 0 aliphatic rings. The average molecular weight is 292 g/mol. The molecule has 4 nitrogen and oxygen atoms in total. The zero-order chi connectivity index (χ0) is 14.8. The molecule has 7 heteroatoms. The molecule has 0 N–H and O–H groups in total. The van der Waals surface area contributed by atoms with Crippen LogP contribution in [0, 0.1) is 0 Å². The van der Waals surface area contributed by atoms with E-state index >= 15 is 0 Å². The van der Waals surface area contributed by atoms with E-state index in [1.165, 1.54) is 18.2 Å². The van der Waals surface area contributed by atoms with Crippen LogP contribution < -0.4 is 9.47 Å². The standard InChI is InChI=1S/C13H15F3O4/c14-3-6-18-10-1-2-11(13(17)20-8-5-16)12(9-10)19-7-4-15/h1-2,9H,3-8H2. The van der Waals surface area contributed by atoms with E-state index < -0.39 is 26.0 Å². The monoisotopic (exact) mass is 292 g/mol. The Labute approximate surface area is 114 Å². The molecule has 0 aliphatic carbocycles. The summed E-state index contributed by atoms with van der Waals surface area (Å²) in [6.45, 7) is -2.98. The molecule has 0 saturated heterocycles. The minimum atomic E-state index is -0.801. The lowest BCUT2D eigenvalue weighted by Gasteiger charge is -2.12. The van der Waals surface area contributed by atoms with Gasteiger partial charge in [-0.2, -0.15) is 0 Å². The predicted molar refractivity (Wildman–Crippen MR) is 65.6 cm³/mol. The number of carbonyl (C=O) groups excluding carboxylic acids is 1. The molecule has 0 aliphatic heterocycles. The first-order valence-electron chi connectivity index (χ1n) is 5.97. The SMILES string of the molecule is O=C(OCCF)c1ccc(OCCF)cc1OCCF. The minimum Gasteiger partial charge on any atom is -0.491 e. The summed E-state index contributed by atoms with van der Waals surface area (Å²) < 4.78 is 50.8. The molecule has 112 valence electrons. The zero-order valence-corrected chi connectivity index (χ0v) is 10.7. The highest BCUT2D eigenvalue weighted by atomic mass is 19.1. The number of benzene rings is 1. The molecule has 1 aromatic carbocycles. The van der Waals surface area contributed by atoms with Crippen molar-refractivity contribution in [3.63, 3.8) is 0 Å². The van der Waals surface area contributed by atoms with Crippen LogP contribution in [-0.4, -0.2) is 45.8 Å². The molecule has 0 amide bonds. The molecule has 0 atom stereocenters. The summed E-state index contributed by atoms with van der Waals surface area (Å²) >= 11 is 0. The van der Waals surface area contributed by atoms with Crippen LogP contribution in [0.5, 0.6) is 11.5 Å². The van der Waals surface area contributed by atoms with E-state index in [1.807, 2.05) is 0 Å². The number of hydrogen-bond donors (Lipinski definition) is 0. The lowest BCUT2D eigenvalue weighted by atomic mass is 10.2. The smallest absolute Gasteiger partial charge is 0.342 e. The van der Waals surface area contributed by atoms with Crippen LogP contribution in [0.25, 0.3) is 0 Å². The zero-order valence-electron chi connectivity index (χ0n) is 10.7. The number of halogens is 3. The second-order valence-corrected chi connectivity index (χ2v) is 3.56. The number of rotatable bonds is 9. The van der Waals surface area contributed by atoms with Gasteiger partial charge in [0, 0.05) is 6.07 Å². The van der Waals surface area contributed by atoms with Crippen LogP contribution in [0.1, 0.15) is 10.4 Å². The maximum atomic E-state index is 12.1. The number of ether oxygens (including phenoxy) is 3. The predicted octanol–water partition coefficient (Wildman–Crippen LogP) is 2.51. The fourth-order valence-corrected chi connectivity index (χ4v) is 1.39. The maximum absolute atomic E-state index is 12.1. The van der Waals surface area contributed by atoms with Crippen LogP contribution in [0.3, 0.4) is 0 Å². The third-order valence-electron chi connectivity index (χ3n) is 2.16. The normalized spacial score (nSPS) is 10.2. The summed E-state index contributed by atoms with van der Waals surface area (Å²) in [7, 11) is 0. The van der Waals surface area contributed by atoms with Gasteiger partial charge in [0.05, 0.1) is 0 Å². The number of hydrogen-bond acceptors (Lipinski definition) is 4. The quantitative estimate of drug-likeness (QED) is 0.656. The van der Waals surface area contributed by atoms with Crippen LogP contribution in [0.2, 0.25) is 0 Å². The van der Waals surface area contributed by atoms with Gasteiger partial charge in [0.25, 0.3) is 0 Å². The van der Waals surface area contributed by atoms with E-state index in [1.54, 1.807) is 0 Å². The van der Waals surface area contributed by atoms with E-state index in [9.17, 15) is 18.0 Å². The highest BCUT2D eigenvalue weighted by Crippen LogP contribution is 2.26. The van der Waals surface area contributed by atoms with Crippen molar-refractivity contribution in [2.45, 2.75) is 0 Å². The molecule has 0 spiro atoms. The molecular formula is C13H15F3O4. The van der Waals surface area contributed by atoms with Crippen molar-refractivity contribution in [3.05, 3.63) is 23.8 Å². The average Bonchev–Trinajstić information content (AvgIpc) is 2.48. The second kappa shape index (κ2) is 9.06. The Morgan fingerprint density at radius 2 is 1.60 bits per heavy atom. The number of esters is 1. The molecule has 0 bridgehead atoms. The van der Waals surface area contributed by atoms with Gasteiger partial charge in [0.1, 0.15) is 56.9 Å². The fourth-order valence-electron chi connectivity index (χ4n) is 1.39. The number of carbonyl (C=O) groups is 1. The molecule has 0 fully saturated rings. The minimum absolute atomic E-state index is 0.0273. The largest absolute Gasteiger partial charge is 0.491 e. The van der Waals surface area contributed by atoms with Gasteiger partial charge in [0.15, 0.2) is 0 Å². The van der Waals surface area contributed by atoms with Crippen LogP contribution >= 0.6 is 0 Å². The van der Waals surface area contributed by atoms with Crippen LogP contribution in [0.4, 0.5) is 13.2 Å². The molecule has 20 heavy (non-hydrogen) atoms. The molecular weight excluding hydrogens is 277 g/mol. The summed E-state index contributed by atoms with van der Waals surface area (Å²) in [6.07, 6.45) is 0. The van der Waals surface area contributed by atoms with Crippen LogP contribution in [0.15, 0.2) is 18.2 Å². The summed E-state index contributed by atoms with van der Waals surface area (Å²) in [5.41, 5.74) is 0.0273. The summed E-state index contributed by atoms with van der Waals surface area (Å²) in [5.74, 6) is -0.463. The van der Waals surface area contributed by atoms with Crippen molar-refractivity contribution in [2.24, 2.45) is 0 Å². The van der Waals surface area contributed by atoms with Gasteiger partial charge < -0.3 is 14.2 Å². The van der Waals surface area contributed by atoms with Crippen molar-refractivity contribution >= 4 is 5.97 Å². The van der Waals surface area contributed by atoms with Gasteiger partial charge in [-0.3, -0.25) is 0 Å². The number of alkyl halides is 3. The molecule has 0 heterocycles. The first kappa shape index (κ1) is 16.1. The highest BCUT2D eigenvalue weighted by molar-refractivity contribution is 5.92. The van der Waals surface area contributed by atoms with E-state index in [2.05, 4.69) is 4.74 Å². The van der Waals surface area contributed by atoms with Gasteiger partial charge in [-0.05, 0) is 12.1 Å². The molecule has 0 unspecified atom stereocenters. The Bertz CT molecular complexity index is 426. The lowest BCUT2D eigenvalue weighted by Crippen LogP contribution is -2.11. The van der Waals surface area contributed by atoms with E-state index in [0.29, 0.717) is 0 Å². The summed E-state index contributed by atoms with van der Waals surface area (Å²) in [6, 6.07) is 4.09. The van der Waals surface area contributed by atoms with Crippen molar-refractivity contribution in [1.82, 2.24) is 0 Å². The van der Waals surface area contributed by atoms with Gasteiger partial charge in [-0.15, -0.1) is 0 Å². The first-order valence-corrected chi connectivity index (χ1v) is 5.97. The van der Waals surface area contributed by atoms with Gasteiger partial charge >= 0.3 is 5.97 Å². The Kier molecular flexibility index (Phi) is 7.31. The van der Waals surface area contributed by atoms with Crippen molar-refractivity contribution < 1.29 is 32.2 Å². The van der Waals surface area contributed by atoms with E-state index in [-0.39, 0.29) is 36.9 Å². The van der Waals surface area contributed by atoms with E-state index in [0.717, 1.165) is 0 Å². The highest BCUT2D eigenvalue weighted by Gasteiger charge is 2.15. The molecule has 0 aromatic heterocycles. The fraction of sp³-hybridized carbons (Fsp3) is 0.462. The van der Waals surface area contributed by atoms with Crippen molar-refractivity contribution in [3.8, 4) is 11.5 Å². The topological polar surface area (TPSA) is 44.8 Å². The van der Waals surface area contributed by atoms with Crippen LogP contribution in [-0.2, 0) is 4.74 Å². The van der Waals surface area contributed by atoms with E-state index in [4.69, 9.17) is 9.47 Å². The summed E-state index contributed by atoms with van der Waals surface area (Å²) in [4.78, 5) is 11.6. The third-order valence-corrected chi connectivity index (χ3v) is 2.16. The van der Waals surface area contributed by atoms with Gasteiger partial charge in [-0.25, -0.2) is 18.0 Å². The Morgan fingerprint density at radius 1 is 0.950 bits per heavy atom. The lowest BCUT2D eigenvalue weighted by molar-refractivity contribution is 0.0476. The maximum Gasteiger partial charge on any atom is 0.342 e. The molecule has 1 aromatic rings. The Hall–Kier alpha value is -1.92. The molecule has 0 saturated carbocycles. The molecule has 0 radical (unpaired) electrons. The first-order chi connectivity index (χ1) is 9.72.